The van der Waals surface area contributed by atoms with Gasteiger partial charge in [0.05, 0.1) is 13.2 Å². The van der Waals surface area contributed by atoms with Gasteiger partial charge in [-0.25, -0.2) is 4.79 Å². The summed E-state index contributed by atoms with van der Waals surface area (Å²) >= 11 is 0. The average Bonchev–Trinajstić information content (AvgIpc) is 2.79. The standard InChI is InChI=1S/C22H20N2O.C2HF3O2/c1-25-19-10-5-8-16(13-19)15-7-4-9-18(12-15)21-14-17-6-2-3-11-20(17)22(23)24-21;3-2(4,5)1(6)7/h2-13,21H,14H2,1H3,(H2,23,24);(H,6,7). The lowest BCUT2D eigenvalue weighted by molar-refractivity contribution is -0.192. The van der Waals surface area contributed by atoms with E-state index in [0.29, 0.717) is 5.84 Å². The number of nitrogens with two attached hydrogens (primary N) is 1. The van der Waals surface area contributed by atoms with E-state index in [4.69, 9.17) is 25.4 Å². The van der Waals surface area contributed by atoms with Crippen LogP contribution in [0.25, 0.3) is 11.1 Å². The lowest BCUT2D eigenvalue weighted by atomic mass is 9.91. The van der Waals surface area contributed by atoms with Gasteiger partial charge >= 0.3 is 12.1 Å². The minimum absolute atomic E-state index is 0.0560. The summed E-state index contributed by atoms with van der Waals surface area (Å²) < 4.78 is 37.1. The van der Waals surface area contributed by atoms with Crippen molar-refractivity contribution in [3.63, 3.8) is 0 Å². The van der Waals surface area contributed by atoms with Gasteiger partial charge in [0.25, 0.3) is 0 Å². The highest BCUT2D eigenvalue weighted by atomic mass is 19.4. The van der Waals surface area contributed by atoms with Crippen LogP contribution in [0.3, 0.4) is 0 Å². The summed E-state index contributed by atoms with van der Waals surface area (Å²) in [6.45, 7) is 0. The Morgan fingerprint density at radius 1 is 1.03 bits per heavy atom. The normalized spacial score (nSPS) is 15.0. The molecule has 0 saturated heterocycles. The number of amidine groups is 1. The number of aliphatic carboxylic acids is 1. The summed E-state index contributed by atoms with van der Waals surface area (Å²) in [5, 5.41) is 7.12. The molecule has 8 heteroatoms. The van der Waals surface area contributed by atoms with E-state index in [-0.39, 0.29) is 6.04 Å². The van der Waals surface area contributed by atoms with Gasteiger partial charge in [-0.1, -0.05) is 54.6 Å². The molecule has 3 aromatic carbocycles. The highest BCUT2D eigenvalue weighted by Gasteiger charge is 2.38. The Kier molecular flexibility index (Phi) is 6.82. The molecule has 1 heterocycles. The molecule has 0 saturated carbocycles. The number of benzene rings is 3. The smallest absolute Gasteiger partial charge is 0.490 e. The largest absolute Gasteiger partial charge is 0.497 e. The molecule has 5 nitrogen and oxygen atoms in total. The molecular weight excluding hydrogens is 421 g/mol. The highest BCUT2D eigenvalue weighted by Crippen LogP contribution is 2.32. The number of carbonyl (C=O) groups is 1. The van der Waals surface area contributed by atoms with Gasteiger partial charge in [0, 0.05) is 5.56 Å². The molecule has 0 aliphatic carbocycles. The zero-order valence-electron chi connectivity index (χ0n) is 17.1. The van der Waals surface area contributed by atoms with Crippen molar-refractivity contribution in [1.82, 2.24) is 0 Å². The van der Waals surface area contributed by atoms with Crippen LogP contribution >= 0.6 is 0 Å². The molecule has 1 aliphatic heterocycles. The summed E-state index contributed by atoms with van der Waals surface area (Å²) in [7, 11) is 1.69. The Labute approximate surface area is 183 Å². The van der Waals surface area contributed by atoms with Gasteiger partial charge in [-0.3, -0.25) is 4.99 Å². The number of fused-ring (bicyclic) bond motifs is 1. The number of hydrogen-bond donors (Lipinski definition) is 2. The zero-order chi connectivity index (χ0) is 23.3. The van der Waals surface area contributed by atoms with Crippen molar-refractivity contribution in [3.8, 4) is 16.9 Å². The fraction of sp³-hybridized carbons (Fsp3) is 0.167. The van der Waals surface area contributed by atoms with Gasteiger partial charge in [-0.2, -0.15) is 13.2 Å². The maximum absolute atomic E-state index is 10.6. The van der Waals surface area contributed by atoms with E-state index in [9.17, 15) is 13.2 Å². The van der Waals surface area contributed by atoms with Crippen molar-refractivity contribution in [3.05, 3.63) is 89.5 Å². The summed E-state index contributed by atoms with van der Waals surface area (Å²) in [4.78, 5) is 13.6. The molecule has 0 fully saturated rings. The van der Waals surface area contributed by atoms with Crippen LogP contribution in [-0.2, 0) is 11.2 Å². The molecule has 1 aliphatic rings. The monoisotopic (exact) mass is 442 g/mol. The Hall–Kier alpha value is -3.81. The van der Waals surface area contributed by atoms with Gasteiger partial charge in [0.1, 0.15) is 11.6 Å². The second-order valence-corrected chi connectivity index (χ2v) is 7.05. The molecule has 0 bridgehead atoms. The molecule has 0 amide bonds. The fourth-order valence-electron chi connectivity index (χ4n) is 3.36. The van der Waals surface area contributed by atoms with Crippen LogP contribution in [0.1, 0.15) is 22.7 Å². The lowest BCUT2D eigenvalue weighted by Crippen LogP contribution is -2.22. The Morgan fingerprint density at radius 3 is 2.31 bits per heavy atom. The van der Waals surface area contributed by atoms with Crippen LogP contribution in [0.15, 0.2) is 77.8 Å². The fourth-order valence-corrected chi connectivity index (χ4v) is 3.36. The number of aliphatic imine (C=N–C) groups is 1. The molecule has 3 aromatic rings. The number of ether oxygens (including phenoxy) is 1. The van der Waals surface area contributed by atoms with Crippen molar-refractivity contribution >= 4 is 11.8 Å². The van der Waals surface area contributed by atoms with Crippen LogP contribution in [0.4, 0.5) is 13.2 Å². The average molecular weight is 442 g/mol. The van der Waals surface area contributed by atoms with Gasteiger partial charge < -0.3 is 15.6 Å². The number of carboxylic acids is 1. The SMILES string of the molecule is COc1cccc(-c2cccc(C3Cc4ccccc4C(N)=N3)c2)c1.O=C(O)C(F)(F)F. The molecule has 0 aromatic heterocycles. The lowest BCUT2D eigenvalue weighted by Gasteiger charge is -2.22. The second kappa shape index (κ2) is 9.55. The summed E-state index contributed by atoms with van der Waals surface area (Å²) in [5.41, 5.74) is 12.0. The van der Waals surface area contributed by atoms with Crippen molar-refractivity contribution in [2.24, 2.45) is 10.7 Å². The molecule has 3 N–H and O–H groups in total. The van der Waals surface area contributed by atoms with E-state index >= 15 is 0 Å². The maximum atomic E-state index is 10.6. The zero-order valence-corrected chi connectivity index (χ0v) is 17.1. The number of methoxy groups -OCH3 is 1. The van der Waals surface area contributed by atoms with Crippen LogP contribution < -0.4 is 10.5 Å². The molecule has 1 unspecified atom stereocenters. The summed E-state index contributed by atoms with van der Waals surface area (Å²) in [6, 6.07) is 24.9. The van der Waals surface area contributed by atoms with E-state index in [1.54, 1.807) is 7.11 Å². The van der Waals surface area contributed by atoms with Gasteiger partial charge in [-0.05, 0) is 46.9 Å². The first-order valence-electron chi connectivity index (χ1n) is 9.65. The van der Waals surface area contributed by atoms with E-state index in [2.05, 4.69) is 42.5 Å². The Bertz CT molecular complexity index is 1140. The van der Waals surface area contributed by atoms with E-state index in [1.807, 2.05) is 30.3 Å². The van der Waals surface area contributed by atoms with Crippen LogP contribution in [0.2, 0.25) is 0 Å². The highest BCUT2D eigenvalue weighted by molar-refractivity contribution is 5.99. The Morgan fingerprint density at radius 2 is 1.66 bits per heavy atom. The van der Waals surface area contributed by atoms with Crippen LogP contribution in [0, 0.1) is 0 Å². The molecule has 0 radical (unpaired) electrons. The first kappa shape index (κ1) is 22.9. The second-order valence-electron chi connectivity index (χ2n) is 7.05. The minimum Gasteiger partial charge on any atom is -0.497 e. The number of alkyl halides is 3. The first-order chi connectivity index (χ1) is 15.2. The summed E-state index contributed by atoms with van der Waals surface area (Å²) in [5.74, 6) is -1.28. The first-order valence-corrected chi connectivity index (χ1v) is 9.65. The van der Waals surface area contributed by atoms with Crippen molar-refractivity contribution in [2.75, 3.05) is 7.11 Å². The third-order valence-electron chi connectivity index (χ3n) is 4.92. The van der Waals surface area contributed by atoms with E-state index in [0.717, 1.165) is 28.9 Å². The van der Waals surface area contributed by atoms with Crippen molar-refractivity contribution < 1.29 is 27.8 Å². The third kappa shape index (κ3) is 5.46. The van der Waals surface area contributed by atoms with E-state index < -0.39 is 12.1 Å². The van der Waals surface area contributed by atoms with Gasteiger partial charge in [-0.15, -0.1) is 0 Å². The third-order valence-corrected chi connectivity index (χ3v) is 4.92. The minimum atomic E-state index is -5.08. The number of rotatable bonds is 3. The van der Waals surface area contributed by atoms with Crippen molar-refractivity contribution in [2.45, 2.75) is 18.6 Å². The molecular formula is C24H21F3N2O3. The Balaban J connectivity index is 0.000000360. The van der Waals surface area contributed by atoms with Crippen LogP contribution in [0.5, 0.6) is 5.75 Å². The molecule has 166 valence electrons. The predicted molar refractivity (Wildman–Crippen MR) is 116 cm³/mol. The number of nitrogens with zero attached hydrogens (tertiary/aromatic N) is 1. The number of halogens is 3. The maximum Gasteiger partial charge on any atom is 0.490 e. The molecule has 4 rings (SSSR count). The topological polar surface area (TPSA) is 84.9 Å². The number of carboxylic acid groups (broad SMARTS) is 1. The van der Waals surface area contributed by atoms with Crippen LogP contribution in [-0.4, -0.2) is 30.2 Å². The molecule has 32 heavy (non-hydrogen) atoms. The quantitative estimate of drug-likeness (QED) is 0.598. The molecule has 1 atom stereocenters. The van der Waals surface area contributed by atoms with Crippen molar-refractivity contribution in [1.29, 1.82) is 0 Å². The number of hydrogen-bond acceptors (Lipinski definition) is 4. The van der Waals surface area contributed by atoms with Gasteiger partial charge in [0.15, 0.2) is 0 Å². The van der Waals surface area contributed by atoms with Gasteiger partial charge in [0.2, 0.25) is 0 Å². The van der Waals surface area contributed by atoms with E-state index in [1.165, 1.54) is 11.1 Å². The predicted octanol–water partition coefficient (Wildman–Crippen LogP) is 5.00. The summed E-state index contributed by atoms with van der Waals surface area (Å²) in [6.07, 6.45) is -4.21. The molecule has 0 spiro atoms.